The molecule has 0 bridgehead atoms. The normalized spacial score (nSPS) is 12.9. The average Bonchev–Trinajstić information content (AvgIpc) is 3.19. The maximum Gasteiger partial charge on any atom is 0.191 e. The second kappa shape index (κ2) is 11.6. The van der Waals surface area contributed by atoms with Gasteiger partial charge in [0.25, 0.3) is 0 Å². The van der Waals surface area contributed by atoms with E-state index in [1.807, 2.05) is 32.3 Å². The topological polar surface area (TPSA) is 48.9 Å². The van der Waals surface area contributed by atoms with Crippen molar-refractivity contribution in [1.29, 1.82) is 0 Å². The second-order valence-electron chi connectivity index (χ2n) is 6.79. The minimum Gasteiger partial charge on any atom is -0.492 e. The van der Waals surface area contributed by atoms with Crippen molar-refractivity contribution < 1.29 is 4.74 Å². The van der Waals surface area contributed by atoms with Crippen molar-refractivity contribution in [2.75, 3.05) is 40.3 Å². The maximum atomic E-state index is 5.94. The SMILES string of the molecule is CCNC(=NCc1ccccc1OCCN(C)C)NCC(C)c1ccsc1. The number of ether oxygens (including phenoxy) is 1. The van der Waals surface area contributed by atoms with E-state index in [4.69, 9.17) is 9.73 Å². The number of nitrogens with one attached hydrogen (secondary N) is 2. The molecule has 1 atom stereocenters. The summed E-state index contributed by atoms with van der Waals surface area (Å²) < 4.78 is 5.94. The van der Waals surface area contributed by atoms with E-state index < -0.39 is 0 Å². The highest BCUT2D eigenvalue weighted by Gasteiger charge is 2.08. The molecule has 1 heterocycles. The maximum absolute atomic E-state index is 5.94. The summed E-state index contributed by atoms with van der Waals surface area (Å²) >= 11 is 1.74. The fraction of sp³-hybridized carbons (Fsp3) is 0.476. The quantitative estimate of drug-likeness (QED) is 0.483. The van der Waals surface area contributed by atoms with Crippen LogP contribution in [0.5, 0.6) is 5.75 Å². The number of hydrogen-bond donors (Lipinski definition) is 2. The Bertz CT molecular complexity index is 685. The lowest BCUT2D eigenvalue weighted by Crippen LogP contribution is -2.39. The van der Waals surface area contributed by atoms with Crippen LogP contribution >= 0.6 is 11.3 Å². The minimum absolute atomic E-state index is 0.446. The number of para-hydroxylation sites is 1. The number of benzene rings is 1. The highest BCUT2D eigenvalue weighted by atomic mass is 32.1. The third kappa shape index (κ3) is 7.61. The third-order valence-corrected chi connectivity index (χ3v) is 4.91. The number of nitrogens with zero attached hydrogens (tertiary/aromatic N) is 2. The largest absolute Gasteiger partial charge is 0.492 e. The van der Waals surface area contributed by atoms with Gasteiger partial charge in [-0.15, -0.1) is 0 Å². The Balaban J connectivity index is 1.95. The van der Waals surface area contributed by atoms with Crippen LogP contribution in [0, 0.1) is 0 Å². The molecule has 148 valence electrons. The van der Waals surface area contributed by atoms with Gasteiger partial charge in [0.1, 0.15) is 12.4 Å². The molecule has 0 aliphatic rings. The van der Waals surface area contributed by atoms with Gasteiger partial charge in [-0.1, -0.05) is 25.1 Å². The van der Waals surface area contributed by atoms with Gasteiger partial charge < -0.3 is 20.3 Å². The van der Waals surface area contributed by atoms with E-state index in [2.05, 4.69) is 52.3 Å². The number of guanidine groups is 1. The van der Waals surface area contributed by atoms with Gasteiger partial charge in [0, 0.05) is 25.2 Å². The first-order valence-electron chi connectivity index (χ1n) is 9.49. The van der Waals surface area contributed by atoms with Gasteiger partial charge >= 0.3 is 0 Å². The van der Waals surface area contributed by atoms with Gasteiger partial charge in [-0.3, -0.25) is 0 Å². The number of aliphatic imine (C=N–C) groups is 1. The van der Waals surface area contributed by atoms with E-state index in [9.17, 15) is 0 Å². The van der Waals surface area contributed by atoms with Gasteiger partial charge in [0.2, 0.25) is 0 Å². The molecular formula is C21H32N4OS. The Morgan fingerprint density at radius 1 is 1.22 bits per heavy atom. The smallest absolute Gasteiger partial charge is 0.191 e. The van der Waals surface area contributed by atoms with E-state index in [1.165, 1.54) is 5.56 Å². The Kier molecular flexibility index (Phi) is 9.15. The first-order valence-corrected chi connectivity index (χ1v) is 10.4. The van der Waals surface area contributed by atoms with Crippen molar-refractivity contribution in [3.8, 4) is 5.75 Å². The summed E-state index contributed by atoms with van der Waals surface area (Å²) in [4.78, 5) is 6.86. The number of likely N-dealkylation sites (N-methyl/N-ethyl adjacent to an activating group) is 1. The predicted molar refractivity (Wildman–Crippen MR) is 116 cm³/mol. The van der Waals surface area contributed by atoms with Crippen LogP contribution in [0.3, 0.4) is 0 Å². The van der Waals surface area contributed by atoms with Crippen LogP contribution in [0.4, 0.5) is 0 Å². The molecule has 0 amide bonds. The molecule has 0 fully saturated rings. The van der Waals surface area contributed by atoms with E-state index >= 15 is 0 Å². The summed E-state index contributed by atoms with van der Waals surface area (Å²) in [5.41, 5.74) is 2.46. The van der Waals surface area contributed by atoms with Crippen LogP contribution in [0.1, 0.15) is 30.9 Å². The Labute approximate surface area is 167 Å². The van der Waals surface area contributed by atoms with Crippen LogP contribution in [0.25, 0.3) is 0 Å². The third-order valence-electron chi connectivity index (χ3n) is 4.21. The second-order valence-corrected chi connectivity index (χ2v) is 7.57. The van der Waals surface area contributed by atoms with Crippen molar-refractivity contribution in [1.82, 2.24) is 15.5 Å². The summed E-state index contributed by atoms with van der Waals surface area (Å²) in [6, 6.07) is 10.3. The van der Waals surface area contributed by atoms with Crippen LogP contribution in [0.2, 0.25) is 0 Å². The zero-order valence-corrected chi connectivity index (χ0v) is 17.7. The molecule has 0 saturated heterocycles. The predicted octanol–water partition coefficient (Wildman–Crippen LogP) is 3.55. The molecule has 1 unspecified atom stereocenters. The Hall–Kier alpha value is -2.05. The highest BCUT2D eigenvalue weighted by Crippen LogP contribution is 2.19. The average molecular weight is 389 g/mol. The van der Waals surface area contributed by atoms with Crippen LogP contribution in [0.15, 0.2) is 46.1 Å². The number of rotatable bonds is 10. The molecule has 1 aromatic heterocycles. The van der Waals surface area contributed by atoms with Gasteiger partial charge in [-0.05, 0) is 55.4 Å². The molecule has 0 saturated carbocycles. The standard InChI is InChI=1S/C21H32N4OS/c1-5-22-21(23-14-17(2)19-10-13-27-16-19)24-15-18-8-6-7-9-20(18)26-12-11-25(3)4/h6-10,13,16-17H,5,11-12,14-15H2,1-4H3,(H2,22,23,24). The molecule has 1 aromatic carbocycles. The summed E-state index contributed by atoms with van der Waals surface area (Å²) in [6.07, 6.45) is 0. The molecule has 2 rings (SSSR count). The lowest BCUT2D eigenvalue weighted by Gasteiger charge is -2.16. The molecule has 0 aliphatic carbocycles. The van der Waals surface area contributed by atoms with Crippen LogP contribution in [-0.4, -0.2) is 51.2 Å². The van der Waals surface area contributed by atoms with E-state index in [0.29, 0.717) is 19.1 Å². The Morgan fingerprint density at radius 2 is 2.04 bits per heavy atom. The van der Waals surface area contributed by atoms with Crippen molar-refractivity contribution in [2.24, 2.45) is 4.99 Å². The molecule has 0 radical (unpaired) electrons. The van der Waals surface area contributed by atoms with E-state index in [1.54, 1.807) is 11.3 Å². The van der Waals surface area contributed by atoms with E-state index in [0.717, 1.165) is 36.9 Å². The molecular weight excluding hydrogens is 356 g/mol. The molecule has 2 N–H and O–H groups in total. The van der Waals surface area contributed by atoms with Gasteiger partial charge in [0.05, 0.1) is 6.54 Å². The summed E-state index contributed by atoms with van der Waals surface area (Å²) in [5.74, 6) is 2.19. The molecule has 5 nitrogen and oxygen atoms in total. The summed E-state index contributed by atoms with van der Waals surface area (Å²) in [7, 11) is 4.09. The fourth-order valence-corrected chi connectivity index (χ4v) is 3.32. The minimum atomic E-state index is 0.446. The zero-order valence-electron chi connectivity index (χ0n) is 16.9. The monoisotopic (exact) mass is 388 g/mol. The van der Waals surface area contributed by atoms with Crippen molar-refractivity contribution in [2.45, 2.75) is 26.3 Å². The van der Waals surface area contributed by atoms with Crippen LogP contribution in [-0.2, 0) is 6.54 Å². The zero-order chi connectivity index (χ0) is 19.5. The van der Waals surface area contributed by atoms with Crippen molar-refractivity contribution in [3.63, 3.8) is 0 Å². The van der Waals surface area contributed by atoms with Crippen molar-refractivity contribution in [3.05, 3.63) is 52.2 Å². The lowest BCUT2D eigenvalue weighted by molar-refractivity contribution is 0.259. The molecule has 27 heavy (non-hydrogen) atoms. The fourth-order valence-electron chi connectivity index (χ4n) is 2.54. The molecule has 0 spiro atoms. The number of hydrogen-bond acceptors (Lipinski definition) is 4. The van der Waals surface area contributed by atoms with Crippen LogP contribution < -0.4 is 15.4 Å². The highest BCUT2D eigenvalue weighted by molar-refractivity contribution is 7.07. The summed E-state index contributed by atoms with van der Waals surface area (Å²) in [6.45, 7) is 8.14. The van der Waals surface area contributed by atoms with Gasteiger partial charge in [-0.25, -0.2) is 4.99 Å². The Morgan fingerprint density at radius 3 is 2.74 bits per heavy atom. The molecule has 0 aliphatic heterocycles. The lowest BCUT2D eigenvalue weighted by atomic mass is 10.1. The van der Waals surface area contributed by atoms with Gasteiger partial charge in [0.15, 0.2) is 5.96 Å². The summed E-state index contributed by atoms with van der Waals surface area (Å²) in [5, 5.41) is 11.1. The number of thiophene rings is 1. The first-order chi connectivity index (χ1) is 13.1. The first kappa shape index (κ1) is 21.3. The van der Waals surface area contributed by atoms with Crippen molar-refractivity contribution >= 4 is 17.3 Å². The molecule has 2 aromatic rings. The van der Waals surface area contributed by atoms with E-state index in [-0.39, 0.29) is 0 Å². The molecule has 6 heteroatoms. The van der Waals surface area contributed by atoms with Gasteiger partial charge in [-0.2, -0.15) is 11.3 Å².